The molecule has 11 heavy (non-hydrogen) atoms. The maximum atomic E-state index is 8.76. The van der Waals surface area contributed by atoms with Crippen LogP contribution in [0.15, 0.2) is 0 Å². The van der Waals surface area contributed by atoms with Crippen molar-refractivity contribution >= 4 is 22.9 Å². The summed E-state index contributed by atoms with van der Waals surface area (Å²) in [6.45, 7) is 2.03. The van der Waals surface area contributed by atoms with Crippen molar-refractivity contribution in [1.82, 2.24) is 4.98 Å². The predicted molar refractivity (Wildman–Crippen MR) is 47.0 cm³/mol. The van der Waals surface area contributed by atoms with E-state index >= 15 is 0 Å². The third-order valence-corrected chi connectivity index (χ3v) is 2.70. The predicted octanol–water partition coefficient (Wildman–Crippen LogP) is 2.24. The van der Waals surface area contributed by atoms with Gasteiger partial charge < -0.3 is 5.11 Å². The molecule has 2 nitrogen and oxygen atoms in total. The van der Waals surface area contributed by atoms with E-state index in [1.54, 1.807) is 0 Å². The van der Waals surface area contributed by atoms with E-state index < -0.39 is 0 Å². The smallest absolute Gasteiger partial charge is 0.119 e. The van der Waals surface area contributed by atoms with Gasteiger partial charge in [0.15, 0.2) is 0 Å². The van der Waals surface area contributed by atoms with Crippen LogP contribution in [0, 0.1) is 0 Å². The first-order valence-corrected chi connectivity index (χ1v) is 4.72. The number of halogens is 1. The highest BCUT2D eigenvalue weighted by atomic mass is 35.5. The van der Waals surface area contributed by atoms with Crippen LogP contribution in [0.3, 0.4) is 0 Å². The SMILES string of the molecule is CCCc1nc(CO)c(Cl)s1. The zero-order valence-corrected chi connectivity index (χ0v) is 7.87. The zero-order chi connectivity index (χ0) is 8.27. The minimum atomic E-state index is -0.0565. The minimum Gasteiger partial charge on any atom is -0.390 e. The number of nitrogens with zero attached hydrogens (tertiary/aromatic N) is 1. The summed E-state index contributed by atoms with van der Waals surface area (Å²) in [6, 6.07) is 0. The molecule has 0 bridgehead atoms. The van der Waals surface area contributed by atoms with Crippen LogP contribution in [-0.2, 0) is 13.0 Å². The van der Waals surface area contributed by atoms with Gasteiger partial charge in [-0.1, -0.05) is 18.5 Å². The van der Waals surface area contributed by atoms with E-state index in [0.717, 1.165) is 17.8 Å². The average Bonchev–Trinajstić information content (AvgIpc) is 2.32. The van der Waals surface area contributed by atoms with Gasteiger partial charge in [-0.05, 0) is 12.8 Å². The van der Waals surface area contributed by atoms with Gasteiger partial charge in [0.05, 0.1) is 17.3 Å². The highest BCUT2D eigenvalue weighted by molar-refractivity contribution is 7.16. The summed E-state index contributed by atoms with van der Waals surface area (Å²) in [5.41, 5.74) is 0.611. The molecule has 1 rings (SSSR count). The first-order valence-electron chi connectivity index (χ1n) is 3.52. The molecule has 0 unspecified atom stereocenters. The second-order valence-corrected chi connectivity index (χ2v) is 3.92. The maximum absolute atomic E-state index is 8.76. The molecule has 0 amide bonds. The van der Waals surface area contributed by atoms with Crippen LogP contribution in [0.25, 0.3) is 0 Å². The average molecular weight is 192 g/mol. The van der Waals surface area contributed by atoms with Crippen LogP contribution in [0.1, 0.15) is 24.0 Å². The summed E-state index contributed by atoms with van der Waals surface area (Å²) in [5.74, 6) is 0. The molecule has 0 atom stereocenters. The van der Waals surface area contributed by atoms with Crippen molar-refractivity contribution in [2.75, 3.05) is 0 Å². The molecule has 0 spiro atoms. The summed E-state index contributed by atoms with van der Waals surface area (Å²) in [4.78, 5) is 4.15. The Morgan fingerprint density at radius 1 is 1.64 bits per heavy atom. The van der Waals surface area contributed by atoms with Crippen molar-refractivity contribution in [2.24, 2.45) is 0 Å². The summed E-state index contributed by atoms with van der Waals surface area (Å²) in [7, 11) is 0. The lowest BCUT2D eigenvalue weighted by molar-refractivity contribution is 0.277. The summed E-state index contributed by atoms with van der Waals surface area (Å²) in [5, 5.41) is 9.78. The van der Waals surface area contributed by atoms with Crippen LogP contribution >= 0.6 is 22.9 Å². The van der Waals surface area contributed by atoms with Crippen LogP contribution in [0.2, 0.25) is 4.34 Å². The van der Waals surface area contributed by atoms with Gasteiger partial charge in [0.1, 0.15) is 4.34 Å². The fraction of sp³-hybridized carbons (Fsp3) is 0.571. The minimum absolute atomic E-state index is 0.0565. The van der Waals surface area contributed by atoms with Gasteiger partial charge in [0, 0.05) is 0 Å². The Hall–Kier alpha value is -0.120. The molecule has 0 saturated heterocycles. The molecule has 1 heterocycles. The van der Waals surface area contributed by atoms with Crippen LogP contribution in [-0.4, -0.2) is 10.1 Å². The number of aliphatic hydroxyl groups is 1. The highest BCUT2D eigenvalue weighted by Gasteiger charge is 2.06. The number of thiazole rings is 1. The highest BCUT2D eigenvalue weighted by Crippen LogP contribution is 2.24. The molecule has 0 aliphatic carbocycles. The molecular weight excluding hydrogens is 182 g/mol. The zero-order valence-electron chi connectivity index (χ0n) is 6.30. The lowest BCUT2D eigenvalue weighted by atomic mass is 10.3. The molecule has 0 aromatic carbocycles. The van der Waals surface area contributed by atoms with Crippen molar-refractivity contribution in [3.63, 3.8) is 0 Å². The Morgan fingerprint density at radius 2 is 2.36 bits per heavy atom. The second kappa shape index (κ2) is 4.04. The van der Waals surface area contributed by atoms with E-state index in [4.69, 9.17) is 16.7 Å². The van der Waals surface area contributed by atoms with Gasteiger partial charge in [0.2, 0.25) is 0 Å². The molecule has 0 aliphatic rings. The summed E-state index contributed by atoms with van der Waals surface area (Å²) >= 11 is 7.23. The quantitative estimate of drug-likeness (QED) is 0.795. The molecule has 1 aromatic heterocycles. The summed E-state index contributed by atoms with van der Waals surface area (Å²) < 4.78 is 0.621. The van der Waals surface area contributed by atoms with E-state index in [1.165, 1.54) is 11.3 Å². The lowest BCUT2D eigenvalue weighted by Crippen LogP contribution is -1.85. The van der Waals surface area contributed by atoms with E-state index in [9.17, 15) is 0 Å². The number of rotatable bonds is 3. The van der Waals surface area contributed by atoms with Crippen LogP contribution in [0.5, 0.6) is 0 Å². The van der Waals surface area contributed by atoms with Crippen molar-refractivity contribution in [3.05, 3.63) is 15.0 Å². The molecule has 0 saturated carbocycles. The number of aromatic nitrogens is 1. The third-order valence-electron chi connectivity index (χ3n) is 1.31. The molecule has 4 heteroatoms. The summed E-state index contributed by atoms with van der Waals surface area (Å²) in [6.07, 6.45) is 2.01. The molecule has 0 radical (unpaired) electrons. The van der Waals surface area contributed by atoms with E-state index in [2.05, 4.69) is 11.9 Å². The van der Waals surface area contributed by atoms with Gasteiger partial charge in [-0.3, -0.25) is 0 Å². The van der Waals surface area contributed by atoms with Gasteiger partial charge in [-0.15, -0.1) is 11.3 Å². The molecule has 62 valence electrons. The number of aryl methyl sites for hydroxylation is 1. The lowest BCUT2D eigenvalue weighted by Gasteiger charge is -1.86. The van der Waals surface area contributed by atoms with Gasteiger partial charge in [-0.2, -0.15) is 0 Å². The van der Waals surface area contributed by atoms with E-state index in [0.29, 0.717) is 10.0 Å². The fourth-order valence-electron chi connectivity index (χ4n) is 0.798. The standard InChI is InChI=1S/C7H10ClNOS/c1-2-3-6-9-5(4-10)7(8)11-6/h10H,2-4H2,1H3. The molecule has 0 fully saturated rings. The molecule has 0 aliphatic heterocycles. The Bertz CT molecular complexity index is 236. The Kier molecular flexibility index (Phi) is 3.30. The Balaban J connectivity index is 2.77. The van der Waals surface area contributed by atoms with E-state index in [-0.39, 0.29) is 6.61 Å². The van der Waals surface area contributed by atoms with Gasteiger partial charge in [-0.25, -0.2) is 4.98 Å². The first kappa shape index (κ1) is 8.97. The van der Waals surface area contributed by atoms with Gasteiger partial charge in [0.25, 0.3) is 0 Å². The van der Waals surface area contributed by atoms with Crippen molar-refractivity contribution in [3.8, 4) is 0 Å². The molecule has 1 N–H and O–H groups in total. The molecule has 1 aromatic rings. The Morgan fingerprint density at radius 3 is 2.82 bits per heavy atom. The number of hydrogen-bond donors (Lipinski definition) is 1. The Labute approximate surface area is 74.8 Å². The second-order valence-electron chi connectivity index (χ2n) is 2.24. The monoisotopic (exact) mass is 191 g/mol. The molecular formula is C7H10ClNOS. The van der Waals surface area contributed by atoms with Crippen molar-refractivity contribution < 1.29 is 5.11 Å². The van der Waals surface area contributed by atoms with Crippen molar-refractivity contribution in [1.29, 1.82) is 0 Å². The van der Waals surface area contributed by atoms with Crippen molar-refractivity contribution in [2.45, 2.75) is 26.4 Å². The topological polar surface area (TPSA) is 33.1 Å². The number of hydrogen-bond acceptors (Lipinski definition) is 3. The van der Waals surface area contributed by atoms with Gasteiger partial charge >= 0.3 is 0 Å². The van der Waals surface area contributed by atoms with E-state index in [1.807, 2.05) is 0 Å². The largest absolute Gasteiger partial charge is 0.390 e. The number of aliphatic hydroxyl groups excluding tert-OH is 1. The third kappa shape index (κ3) is 2.15. The van der Waals surface area contributed by atoms with Crippen LogP contribution in [0.4, 0.5) is 0 Å². The van der Waals surface area contributed by atoms with Crippen LogP contribution < -0.4 is 0 Å². The fourth-order valence-corrected chi connectivity index (χ4v) is 2.06. The normalized spacial score (nSPS) is 10.5. The first-order chi connectivity index (χ1) is 5.27. The maximum Gasteiger partial charge on any atom is 0.119 e.